The van der Waals surface area contributed by atoms with Crippen LogP contribution in [0.4, 0.5) is 5.82 Å². The second-order valence-electron chi connectivity index (χ2n) is 4.31. The van der Waals surface area contributed by atoms with Gasteiger partial charge in [-0.1, -0.05) is 0 Å². The van der Waals surface area contributed by atoms with Crippen molar-refractivity contribution >= 4 is 17.2 Å². The first kappa shape index (κ1) is 10.2. The lowest BCUT2D eigenvalue weighted by Gasteiger charge is -2.27. The number of carbonyl (C=O) groups is 1. The Kier molecular flexibility index (Phi) is 2.28. The van der Waals surface area contributed by atoms with Gasteiger partial charge in [0.1, 0.15) is 17.9 Å². The molecule has 0 atom stereocenters. The number of hydrogen-bond acceptors (Lipinski definition) is 5. The van der Waals surface area contributed by atoms with E-state index in [0.29, 0.717) is 18.6 Å². The van der Waals surface area contributed by atoms with Gasteiger partial charge >= 0.3 is 0 Å². The lowest BCUT2D eigenvalue weighted by molar-refractivity contribution is -0.119. The van der Waals surface area contributed by atoms with Crippen LogP contribution in [0.15, 0.2) is 12.4 Å². The van der Waals surface area contributed by atoms with E-state index in [-0.39, 0.29) is 0 Å². The smallest absolute Gasteiger partial charge is 0.180 e. The van der Waals surface area contributed by atoms with Gasteiger partial charge in [-0.05, 0) is 18.6 Å². The van der Waals surface area contributed by atoms with E-state index in [1.165, 1.54) is 0 Å². The molecule has 0 N–H and O–H groups in total. The standard InChI is InChI=1S/C11H13N5O/c1-8-6-10(14-16-7-12-13-11(8)16)15-4-2-9(17)3-5-15/h6-7H,2-5H2,1H3. The van der Waals surface area contributed by atoms with E-state index in [1.54, 1.807) is 10.8 Å². The predicted molar refractivity (Wildman–Crippen MR) is 62.0 cm³/mol. The van der Waals surface area contributed by atoms with Crippen molar-refractivity contribution in [3.63, 3.8) is 0 Å². The van der Waals surface area contributed by atoms with Crippen molar-refractivity contribution in [2.45, 2.75) is 19.8 Å². The van der Waals surface area contributed by atoms with Crippen molar-refractivity contribution in [3.8, 4) is 0 Å². The molecule has 3 rings (SSSR count). The number of aromatic nitrogens is 4. The molecule has 0 spiro atoms. The minimum Gasteiger partial charge on any atom is -0.354 e. The molecule has 3 heterocycles. The minimum atomic E-state index is 0.336. The molecule has 17 heavy (non-hydrogen) atoms. The maximum atomic E-state index is 11.2. The highest BCUT2D eigenvalue weighted by atomic mass is 16.1. The molecule has 88 valence electrons. The van der Waals surface area contributed by atoms with Crippen LogP contribution in [0.3, 0.4) is 0 Å². The molecule has 0 saturated carbocycles. The Labute approximate surface area is 98.3 Å². The third-order valence-electron chi connectivity index (χ3n) is 3.08. The molecule has 6 heteroatoms. The Hall–Kier alpha value is -1.98. The van der Waals surface area contributed by atoms with E-state index in [4.69, 9.17) is 0 Å². The molecule has 0 amide bonds. The molecule has 2 aromatic rings. The molecule has 0 unspecified atom stereocenters. The van der Waals surface area contributed by atoms with Crippen molar-refractivity contribution in [3.05, 3.63) is 18.0 Å². The molecule has 0 aromatic carbocycles. The number of ketones is 1. The summed E-state index contributed by atoms with van der Waals surface area (Å²) in [4.78, 5) is 13.3. The number of Topliss-reactive ketones (excluding diaryl/α,β-unsaturated/α-hetero) is 1. The second-order valence-corrected chi connectivity index (χ2v) is 4.31. The number of carbonyl (C=O) groups excluding carboxylic acids is 1. The fourth-order valence-electron chi connectivity index (χ4n) is 2.10. The minimum absolute atomic E-state index is 0.336. The molecule has 0 radical (unpaired) electrons. The van der Waals surface area contributed by atoms with Crippen LogP contribution in [0.2, 0.25) is 0 Å². The Morgan fingerprint density at radius 1 is 1.29 bits per heavy atom. The summed E-state index contributed by atoms with van der Waals surface area (Å²) >= 11 is 0. The number of rotatable bonds is 1. The van der Waals surface area contributed by atoms with Gasteiger partial charge in [-0.15, -0.1) is 15.3 Å². The number of hydrogen-bond donors (Lipinski definition) is 0. The maximum absolute atomic E-state index is 11.2. The molecule has 2 aromatic heterocycles. The van der Waals surface area contributed by atoms with Gasteiger partial charge in [-0.25, -0.2) is 0 Å². The molecule has 1 aliphatic heterocycles. The Bertz CT molecular complexity index is 566. The fourth-order valence-corrected chi connectivity index (χ4v) is 2.10. The fraction of sp³-hybridized carbons (Fsp3) is 0.455. The normalized spacial score (nSPS) is 16.8. The molecule has 6 nitrogen and oxygen atoms in total. The van der Waals surface area contributed by atoms with Crippen molar-refractivity contribution < 1.29 is 4.79 Å². The average Bonchev–Trinajstić information content (AvgIpc) is 2.78. The molecule has 0 aliphatic carbocycles. The molecular weight excluding hydrogens is 218 g/mol. The monoisotopic (exact) mass is 231 g/mol. The summed E-state index contributed by atoms with van der Waals surface area (Å²) in [5, 5.41) is 12.3. The first-order chi connectivity index (χ1) is 8.24. The molecule has 0 bridgehead atoms. The zero-order chi connectivity index (χ0) is 11.8. The van der Waals surface area contributed by atoms with Crippen LogP contribution in [0.1, 0.15) is 18.4 Å². The number of anilines is 1. The summed E-state index contributed by atoms with van der Waals surface area (Å²) in [7, 11) is 0. The van der Waals surface area contributed by atoms with Gasteiger partial charge in [-0.2, -0.15) is 4.52 Å². The largest absolute Gasteiger partial charge is 0.354 e. The number of piperidine rings is 1. The molecular formula is C11H13N5O. The van der Waals surface area contributed by atoms with E-state index < -0.39 is 0 Å². The first-order valence-corrected chi connectivity index (χ1v) is 5.68. The van der Waals surface area contributed by atoms with Crippen LogP contribution >= 0.6 is 0 Å². The van der Waals surface area contributed by atoms with Crippen LogP contribution < -0.4 is 4.90 Å². The maximum Gasteiger partial charge on any atom is 0.180 e. The molecule has 1 saturated heterocycles. The summed E-state index contributed by atoms with van der Waals surface area (Å²) in [6.45, 7) is 3.49. The van der Waals surface area contributed by atoms with E-state index in [0.717, 1.165) is 30.1 Å². The van der Waals surface area contributed by atoms with Crippen LogP contribution in [-0.4, -0.2) is 38.7 Å². The lowest BCUT2D eigenvalue weighted by atomic mass is 10.1. The van der Waals surface area contributed by atoms with Crippen molar-refractivity contribution in [2.24, 2.45) is 0 Å². The highest BCUT2D eigenvalue weighted by Gasteiger charge is 2.18. The third-order valence-corrected chi connectivity index (χ3v) is 3.08. The van der Waals surface area contributed by atoms with E-state index >= 15 is 0 Å². The van der Waals surface area contributed by atoms with Gasteiger partial charge in [0.2, 0.25) is 0 Å². The van der Waals surface area contributed by atoms with Gasteiger partial charge in [-0.3, -0.25) is 4.79 Å². The lowest BCUT2D eigenvalue weighted by Crippen LogP contribution is -2.34. The zero-order valence-electron chi connectivity index (χ0n) is 9.63. The van der Waals surface area contributed by atoms with Crippen molar-refractivity contribution in [2.75, 3.05) is 18.0 Å². The SMILES string of the molecule is Cc1cc(N2CCC(=O)CC2)nn2cnnc12. The zero-order valence-corrected chi connectivity index (χ0v) is 9.63. The van der Waals surface area contributed by atoms with Crippen LogP contribution in [-0.2, 0) is 4.79 Å². The van der Waals surface area contributed by atoms with Crippen LogP contribution in [0, 0.1) is 6.92 Å². The van der Waals surface area contributed by atoms with Gasteiger partial charge in [0.25, 0.3) is 0 Å². The van der Waals surface area contributed by atoms with E-state index in [1.807, 2.05) is 13.0 Å². The van der Waals surface area contributed by atoms with Gasteiger partial charge in [0.15, 0.2) is 5.65 Å². The number of aryl methyl sites for hydroxylation is 1. The summed E-state index contributed by atoms with van der Waals surface area (Å²) in [6.07, 6.45) is 2.82. The number of fused-ring (bicyclic) bond motifs is 1. The highest BCUT2D eigenvalue weighted by molar-refractivity contribution is 5.80. The topological polar surface area (TPSA) is 63.4 Å². The molecule has 1 fully saturated rings. The third kappa shape index (κ3) is 1.75. The first-order valence-electron chi connectivity index (χ1n) is 5.68. The summed E-state index contributed by atoms with van der Waals surface area (Å²) in [6, 6.07) is 2.00. The highest BCUT2D eigenvalue weighted by Crippen LogP contribution is 2.18. The van der Waals surface area contributed by atoms with Gasteiger partial charge < -0.3 is 4.90 Å². The Morgan fingerprint density at radius 3 is 2.82 bits per heavy atom. The summed E-state index contributed by atoms with van der Waals surface area (Å²) in [5.74, 6) is 1.23. The van der Waals surface area contributed by atoms with Crippen LogP contribution in [0.25, 0.3) is 5.65 Å². The second kappa shape index (κ2) is 3.80. The summed E-state index contributed by atoms with van der Waals surface area (Å²) in [5.41, 5.74) is 1.83. The van der Waals surface area contributed by atoms with Crippen molar-refractivity contribution in [1.29, 1.82) is 0 Å². The van der Waals surface area contributed by atoms with Crippen molar-refractivity contribution in [1.82, 2.24) is 19.8 Å². The average molecular weight is 231 g/mol. The number of nitrogens with zero attached hydrogens (tertiary/aromatic N) is 5. The van der Waals surface area contributed by atoms with E-state index in [2.05, 4.69) is 20.2 Å². The van der Waals surface area contributed by atoms with Gasteiger partial charge in [0, 0.05) is 25.9 Å². The summed E-state index contributed by atoms with van der Waals surface area (Å²) < 4.78 is 1.68. The van der Waals surface area contributed by atoms with Crippen LogP contribution in [0.5, 0.6) is 0 Å². The molecule has 1 aliphatic rings. The van der Waals surface area contributed by atoms with E-state index in [9.17, 15) is 4.79 Å². The quantitative estimate of drug-likeness (QED) is 0.719. The Balaban J connectivity index is 1.97. The van der Waals surface area contributed by atoms with Gasteiger partial charge in [0.05, 0.1) is 0 Å². The Morgan fingerprint density at radius 2 is 2.06 bits per heavy atom. The predicted octanol–water partition coefficient (Wildman–Crippen LogP) is 0.602.